The second-order valence-electron chi connectivity index (χ2n) is 5.42. The maximum atomic E-state index is 5.69. The summed E-state index contributed by atoms with van der Waals surface area (Å²) in [4.78, 5) is 2.44. The van der Waals surface area contributed by atoms with Gasteiger partial charge in [-0.3, -0.25) is 4.90 Å². The quantitative estimate of drug-likeness (QED) is 0.679. The molecule has 0 aromatic rings. The molecule has 0 aromatic heterocycles. The minimum absolute atomic E-state index is 0.413. The first kappa shape index (κ1) is 15.9. The van der Waals surface area contributed by atoms with Gasteiger partial charge in [0.1, 0.15) is 0 Å². The molecule has 2 unspecified atom stereocenters. The fourth-order valence-corrected chi connectivity index (χ4v) is 2.40. The minimum Gasteiger partial charge on any atom is -0.383 e. The zero-order valence-corrected chi connectivity index (χ0v) is 12.4. The van der Waals surface area contributed by atoms with Crippen LogP contribution in [0.15, 0.2) is 0 Å². The Morgan fingerprint density at radius 2 is 2.11 bits per heavy atom. The van der Waals surface area contributed by atoms with Crippen molar-refractivity contribution in [3.05, 3.63) is 0 Å². The average Bonchev–Trinajstić information content (AvgIpc) is 2.86. The first-order valence-corrected chi connectivity index (χ1v) is 7.23. The zero-order chi connectivity index (χ0) is 13.4. The van der Waals surface area contributed by atoms with Crippen LogP contribution in [0.4, 0.5) is 0 Å². The van der Waals surface area contributed by atoms with Crippen LogP contribution < -0.4 is 5.32 Å². The summed E-state index contributed by atoms with van der Waals surface area (Å²) in [6.45, 7) is 11.5. The highest BCUT2D eigenvalue weighted by Crippen LogP contribution is 2.15. The predicted molar refractivity (Wildman–Crippen MR) is 75.0 cm³/mol. The van der Waals surface area contributed by atoms with Gasteiger partial charge in [0.15, 0.2) is 0 Å². The average molecular weight is 258 g/mol. The molecule has 4 heteroatoms. The van der Waals surface area contributed by atoms with E-state index in [2.05, 4.69) is 31.0 Å². The lowest BCUT2D eigenvalue weighted by Crippen LogP contribution is -2.43. The van der Waals surface area contributed by atoms with Gasteiger partial charge >= 0.3 is 0 Å². The summed E-state index contributed by atoms with van der Waals surface area (Å²) in [5.74, 6) is 0. The molecule has 1 N–H and O–H groups in total. The molecule has 1 heterocycles. The molecular formula is C14H30N2O2. The molecule has 0 amide bonds. The Bertz CT molecular complexity index is 206. The standard InChI is InChI=1S/C14H30N2O2/c1-12(2)16(9-11-17-4)8-7-15-13(3)14-6-5-10-18-14/h12-15H,5-11H2,1-4H3. The van der Waals surface area contributed by atoms with Crippen molar-refractivity contribution in [2.75, 3.05) is 40.0 Å². The summed E-state index contributed by atoms with van der Waals surface area (Å²) < 4.78 is 10.8. The van der Waals surface area contributed by atoms with Crippen LogP contribution in [0.5, 0.6) is 0 Å². The molecule has 0 radical (unpaired) electrons. The van der Waals surface area contributed by atoms with E-state index in [1.807, 2.05) is 0 Å². The molecule has 1 rings (SSSR count). The fourth-order valence-electron chi connectivity index (χ4n) is 2.40. The van der Waals surface area contributed by atoms with Crippen molar-refractivity contribution >= 4 is 0 Å². The first-order chi connectivity index (χ1) is 8.65. The molecule has 0 aliphatic carbocycles. The van der Waals surface area contributed by atoms with Gasteiger partial charge in [0.2, 0.25) is 0 Å². The second kappa shape index (κ2) is 8.86. The Kier molecular flexibility index (Phi) is 7.82. The second-order valence-corrected chi connectivity index (χ2v) is 5.42. The number of hydrogen-bond donors (Lipinski definition) is 1. The monoisotopic (exact) mass is 258 g/mol. The topological polar surface area (TPSA) is 33.7 Å². The molecule has 108 valence electrons. The molecule has 1 fully saturated rings. The van der Waals surface area contributed by atoms with Gasteiger partial charge in [-0.05, 0) is 33.6 Å². The summed E-state index contributed by atoms with van der Waals surface area (Å²) in [6.07, 6.45) is 2.82. The third kappa shape index (κ3) is 5.65. The van der Waals surface area contributed by atoms with Crippen LogP contribution >= 0.6 is 0 Å². The van der Waals surface area contributed by atoms with Gasteiger partial charge < -0.3 is 14.8 Å². The third-order valence-corrected chi connectivity index (χ3v) is 3.70. The van der Waals surface area contributed by atoms with Crippen molar-refractivity contribution in [1.29, 1.82) is 0 Å². The molecule has 0 spiro atoms. The first-order valence-electron chi connectivity index (χ1n) is 7.23. The van der Waals surface area contributed by atoms with Crippen LogP contribution in [0.3, 0.4) is 0 Å². The van der Waals surface area contributed by atoms with Gasteiger partial charge in [0.05, 0.1) is 12.7 Å². The van der Waals surface area contributed by atoms with Crippen molar-refractivity contribution in [3.63, 3.8) is 0 Å². The lowest BCUT2D eigenvalue weighted by molar-refractivity contribution is 0.0806. The van der Waals surface area contributed by atoms with Gasteiger partial charge in [0, 0.05) is 45.4 Å². The smallest absolute Gasteiger partial charge is 0.0726 e. The van der Waals surface area contributed by atoms with E-state index in [4.69, 9.17) is 9.47 Å². The molecule has 4 nitrogen and oxygen atoms in total. The number of nitrogens with zero attached hydrogens (tertiary/aromatic N) is 1. The van der Waals surface area contributed by atoms with Crippen molar-refractivity contribution in [2.45, 2.75) is 51.8 Å². The molecule has 0 bridgehead atoms. The van der Waals surface area contributed by atoms with E-state index in [1.54, 1.807) is 7.11 Å². The van der Waals surface area contributed by atoms with Crippen molar-refractivity contribution < 1.29 is 9.47 Å². The summed E-state index contributed by atoms with van der Waals surface area (Å²) in [5, 5.41) is 3.58. The number of methoxy groups -OCH3 is 1. The number of nitrogens with one attached hydrogen (secondary N) is 1. The molecular weight excluding hydrogens is 228 g/mol. The van der Waals surface area contributed by atoms with Crippen LogP contribution in [0.1, 0.15) is 33.6 Å². The lowest BCUT2D eigenvalue weighted by atomic mass is 10.1. The maximum absolute atomic E-state index is 5.69. The highest BCUT2D eigenvalue weighted by Gasteiger charge is 2.21. The summed E-state index contributed by atoms with van der Waals surface area (Å²) in [5.41, 5.74) is 0. The Morgan fingerprint density at radius 1 is 1.33 bits per heavy atom. The van der Waals surface area contributed by atoms with Crippen molar-refractivity contribution in [1.82, 2.24) is 10.2 Å². The Balaban J connectivity index is 2.16. The maximum Gasteiger partial charge on any atom is 0.0726 e. The van der Waals surface area contributed by atoms with Gasteiger partial charge in [-0.15, -0.1) is 0 Å². The van der Waals surface area contributed by atoms with E-state index in [9.17, 15) is 0 Å². The van der Waals surface area contributed by atoms with Gasteiger partial charge in [-0.25, -0.2) is 0 Å². The highest BCUT2D eigenvalue weighted by atomic mass is 16.5. The zero-order valence-electron chi connectivity index (χ0n) is 12.4. The summed E-state index contributed by atoms with van der Waals surface area (Å²) >= 11 is 0. The van der Waals surface area contributed by atoms with Crippen molar-refractivity contribution in [3.8, 4) is 0 Å². The molecule has 1 aliphatic rings. The highest BCUT2D eigenvalue weighted by molar-refractivity contribution is 4.77. The van der Waals surface area contributed by atoms with Gasteiger partial charge in [-0.2, -0.15) is 0 Å². The largest absolute Gasteiger partial charge is 0.383 e. The number of rotatable bonds is 9. The van der Waals surface area contributed by atoms with E-state index < -0.39 is 0 Å². The molecule has 1 saturated heterocycles. The van der Waals surface area contributed by atoms with Gasteiger partial charge in [0.25, 0.3) is 0 Å². The van der Waals surface area contributed by atoms with Crippen LogP contribution in [0, 0.1) is 0 Å². The Morgan fingerprint density at radius 3 is 2.67 bits per heavy atom. The third-order valence-electron chi connectivity index (χ3n) is 3.70. The van der Waals surface area contributed by atoms with E-state index in [1.165, 1.54) is 12.8 Å². The number of hydrogen-bond acceptors (Lipinski definition) is 4. The molecule has 0 aromatic carbocycles. The summed E-state index contributed by atoms with van der Waals surface area (Å²) in [7, 11) is 1.76. The fraction of sp³-hybridized carbons (Fsp3) is 1.00. The van der Waals surface area contributed by atoms with Crippen LogP contribution in [-0.2, 0) is 9.47 Å². The number of ether oxygens (including phenoxy) is 2. The molecule has 2 atom stereocenters. The predicted octanol–water partition coefficient (Wildman–Crippen LogP) is 1.50. The van der Waals surface area contributed by atoms with E-state index in [0.29, 0.717) is 18.2 Å². The van der Waals surface area contributed by atoms with Crippen LogP contribution in [0.2, 0.25) is 0 Å². The molecule has 18 heavy (non-hydrogen) atoms. The van der Waals surface area contributed by atoms with Gasteiger partial charge in [-0.1, -0.05) is 0 Å². The van der Waals surface area contributed by atoms with E-state index in [-0.39, 0.29) is 0 Å². The normalized spacial score (nSPS) is 22.0. The van der Waals surface area contributed by atoms with E-state index >= 15 is 0 Å². The Hall–Kier alpha value is -0.160. The SMILES string of the molecule is COCCN(CCNC(C)C1CCCO1)C(C)C. The molecule has 0 saturated carbocycles. The van der Waals surface area contributed by atoms with E-state index in [0.717, 1.165) is 32.8 Å². The van der Waals surface area contributed by atoms with Crippen molar-refractivity contribution in [2.24, 2.45) is 0 Å². The Labute approximate surface area is 112 Å². The summed E-state index contributed by atoms with van der Waals surface area (Å²) in [6, 6.07) is 1.03. The lowest BCUT2D eigenvalue weighted by Gasteiger charge is -2.28. The van der Waals surface area contributed by atoms with Crippen LogP contribution in [0.25, 0.3) is 0 Å². The molecule has 1 aliphatic heterocycles. The van der Waals surface area contributed by atoms with Crippen LogP contribution in [-0.4, -0.2) is 63.0 Å². The minimum atomic E-state index is 0.413.